The Bertz CT molecular complexity index is 987. The van der Waals surface area contributed by atoms with Gasteiger partial charge in [0.2, 0.25) is 0 Å². The van der Waals surface area contributed by atoms with E-state index in [1.165, 1.54) is 11.1 Å². The van der Waals surface area contributed by atoms with Crippen LogP contribution in [0, 0.1) is 12.3 Å². The molecule has 2 N–H and O–H groups in total. The van der Waals surface area contributed by atoms with Gasteiger partial charge < -0.3 is 15.0 Å². The van der Waals surface area contributed by atoms with Gasteiger partial charge in [0.05, 0.1) is 6.61 Å². The molecule has 1 heterocycles. The molecule has 0 fully saturated rings. The molecule has 0 saturated carbocycles. The SMILES string of the molecule is COCCN(C)C(C)(C)c1ccc(NC(=O)c2ncc(C)[nH]2)c(C2=CCC(C)(C)CC2)c1. The van der Waals surface area contributed by atoms with Gasteiger partial charge in [-0.25, -0.2) is 4.98 Å². The molecule has 0 spiro atoms. The number of ether oxygens (including phenoxy) is 1. The zero-order valence-corrected chi connectivity index (χ0v) is 20.6. The number of hydrogen-bond donors (Lipinski definition) is 2. The number of allylic oxidation sites excluding steroid dienone is 2. The van der Waals surface area contributed by atoms with Crippen molar-refractivity contribution in [1.82, 2.24) is 14.9 Å². The lowest BCUT2D eigenvalue weighted by Crippen LogP contribution is -2.40. The minimum atomic E-state index is -0.222. The highest BCUT2D eigenvalue weighted by Crippen LogP contribution is 2.41. The number of aryl methyl sites for hydroxylation is 1. The van der Waals surface area contributed by atoms with Crippen LogP contribution in [0.4, 0.5) is 5.69 Å². The summed E-state index contributed by atoms with van der Waals surface area (Å²) < 4.78 is 5.28. The molecule has 1 aliphatic rings. The van der Waals surface area contributed by atoms with E-state index in [1.807, 2.05) is 13.0 Å². The van der Waals surface area contributed by atoms with Gasteiger partial charge in [0.25, 0.3) is 5.91 Å². The Morgan fingerprint density at radius 3 is 2.69 bits per heavy atom. The number of aromatic nitrogens is 2. The summed E-state index contributed by atoms with van der Waals surface area (Å²) in [5, 5.41) is 3.09. The number of amides is 1. The normalized spacial score (nSPS) is 16.2. The average Bonchev–Trinajstić information content (AvgIpc) is 3.18. The number of nitrogens with one attached hydrogen (secondary N) is 2. The third kappa shape index (κ3) is 5.48. The first kappa shape index (κ1) is 24.2. The molecule has 6 nitrogen and oxygen atoms in total. The highest BCUT2D eigenvalue weighted by molar-refractivity contribution is 6.03. The molecule has 1 aromatic carbocycles. The molecular formula is C26H38N4O2. The highest BCUT2D eigenvalue weighted by atomic mass is 16.5. The number of anilines is 1. The van der Waals surface area contributed by atoms with Crippen molar-refractivity contribution in [1.29, 1.82) is 0 Å². The van der Waals surface area contributed by atoms with Crippen molar-refractivity contribution in [3.8, 4) is 0 Å². The fourth-order valence-corrected chi connectivity index (χ4v) is 4.06. The number of carbonyl (C=O) groups is 1. The van der Waals surface area contributed by atoms with Gasteiger partial charge >= 0.3 is 0 Å². The van der Waals surface area contributed by atoms with Crippen molar-refractivity contribution < 1.29 is 9.53 Å². The number of H-pyrrole nitrogens is 1. The molecule has 0 aliphatic heterocycles. The van der Waals surface area contributed by atoms with E-state index in [9.17, 15) is 4.79 Å². The summed E-state index contributed by atoms with van der Waals surface area (Å²) in [6, 6.07) is 6.39. The Labute approximate surface area is 192 Å². The maximum absolute atomic E-state index is 12.8. The summed E-state index contributed by atoms with van der Waals surface area (Å²) in [4.78, 5) is 22.3. The van der Waals surface area contributed by atoms with Gasteiger partial charge in [-0.3, -0.25) is 9.69 Å². The maximum atomic E-state index is 12.8. The van der Waals surface area contributed by atoms with E-state index >= 15 is 0 Å². The van der Waals surface area contributed by atoms with Crippen LogP contribution in [-0.4, -0.2) is 48.1 Å². The molecule has 0 unspecified atom stereocenters. The first-order valence-electron chi connectivity index (χ1n) is 11.4. The standard InChI is InChI=1S/C26H38N4O2/c1-18-17-27-23(28-18)24(31)29-22-9-8-20(26(4,5)30(6)14-15-32-7)16-21(22)19-10-12-25(2,3)13-11-19/h8-10,16-17H,11-15H2,1-7H3,(H,27,28)(H,29,31). The number of aromatic amines is 1. The summed E-state index contributed by atoms with van der Waals surface area (Å²) in [6.45, 7) is 12.5. The molecule has 1 aromatic heterocycles. The van der Waals surface area contributed by atoms with Crippen molar-refractivity contribution in [2.45, 2.75) is 59.4 Å². The van der Waals surface area contributed by atoms with Crippen molar-refractivity contribution in [3.63, 3.8) is 0 Å². The molecule has 6 heteroatoms. The second-order valence-corrected chi connectivity index (χ2v) is 10.2. The topological polar surface area (TPSA) is 70.2 Å². The van der Waals surface area contributed by atoms with Crippen LogP contribution in [0.25, 0.3) is 5.57 Å². The predicted octanol–water partition coefficient (Wildman–Crippen LogP) is 5.38. The fraction of sp³-hybridized carbons (Fsp3) is 0.538. The number of likely N-dealkylation sites (N-methyl/N-ethyl adjacent to an activating group) is 1. The zero-order chi connectivity index (χ0) is 23.5. The van der Waals surface area contributed by atoms with Crippen molar-refractivity contribution in [2.24, 2.45) is 5.41 Å². The fourth-order valence-electron chi connectivity index (χ4n) is 4.06. The number of benzene rings is 1. The second kappa shape index (κ2) is 9.59. The van der Waals surface area contributed by atoms with Crippen LogP contribution in [0.2, 0.25) is 0 Å². The van der Waals surface area contributed by atoms with Gasteiger partial charge in [0.1, 0.15) is 0 Å². The Morgan fingerprint density at radius 1 is 1.34 bits per heavy atom. The first-order chi connectivity index (χ1) is 15.0. The van der Waals surface area contributed by atoms with Gasteiger partial charge in [-0.05, 0) is 75.8 Å². The van der Waals surface area contributed by atoms with Gasteiger partial charge in [-0.1, -0.05) is 26.0 Å². The van der Waals surface area contributed by atoms with Crippen LogP contribution >= 0.6 is 0 Å². The monoisotopic (exact) mass is 438 g/mol. The third-order valence-electron chi connectivity index (χ3n) is 6.80. The molecule has 1 amide bonds. The van der Waals surface area contributed by atoms with Crippen LogP contribution in [0.3, 0.4) is 0 Å². The quantitative estimate of drug-likeness (QED) is 0.581. The molecule has 32 heavy (non-hydrogen) atoms. The Balaban J connectivity index is 1.97. The number of imidazole rings is 1. The summed E-state index contributed by atoms with van der Waals surface area (Å²) in [7, 11) is 3.85. The van der Waals surface area contributed by atoms with E-state index in [0.717, 1.165) is 42.8 Å². The van der Waals surface area contributed by atoms with Crippen LogP contribution in [-0.2, 0) is 10.3 Å². The van der Waals surface area contributed by atoms with E-state index in [1.54, 1.807) is 13.3 Å². The van der Waals surface area contributed by atoms with E-state index in [-0.39, 0.29) is 11.4 Å². The van der Waals surface area contributed by atoms with Gasteiger partial charge in [0.15, 0.2) is 5.82 Å². The molecule has 2 aromatic rings. The number of nitrogens with zero attached hydrogens (tertiary/aromatic N) is 2. The van der Waals surface area contributed by atoms with Crippen LogP contribution in [0.15, 0.2) is 30.5 Å². The molecule has 174 valence electrons. The average molecular weight is 439 g/mol. The lowest BCUT2D eigenvalue weighted by Gasteiger charge is -2.37. The van der Waals surface area contributed by atoms with Crippen LogP contribution < -0.4 is 5.32 Å². The Hall–Kier alpha value is -2.44. The smallest absolute Gasteiger partial charge is 0.291 e. The molecule has 0 bridgehead atoms. The molecule has 3 rings (SSSR count). The first-order valence-corrected chi connectivity index (χ1v) is 11.4. The van der Waals surface area contributed by atoms with Crippen molar-refractivity contribution in [2.75, 3.05) is 32.6 Å². The van der Waals surface area contributed by atoms with Gasteiger partial charge in [-0.2, -0.15) is 0 Å². The second-order valence-electron chi connectivity index (χ2n) is 10.2. The number of hydrogen-bond acceptors (Lipinski definition) is 4. The van der Waals surface area contributed by atoms with Crippen molar-refractivity contribution in [3.05, 3.63) is 53.1 Å². The lowest BCUT2D eigenvalue weighted by molar-refractivity contribution is 0.0996. The molecule has 0 atom stereocenters. The summed E-state index contributed by atoms with van der Waals surface area (Å²) in [6.07, 6.45) is 7.18. The van der Waals surface area contributed by atoms with Crippen LogP contribution in [0.1, 0.15) is 74.4 Å². The van der Waals surface area contributed by atoms with Crippen molar-refractivity contribution >= 4 is 17.2 Å². The Kier molecular flexibility index (Phi) is 7.25. The Morgan fingerprint density at radius 2 is 2.09 bits per heavy atom. The van der Waals surface area contributed by atoms with Crippen LogP contribution in [0.5, 0.6) is 0 Å². The van der Waals surface area contributed by atoms with Gasteiger partial charge in [0, 0.05) is 42.3 Å². The number of rotatable bonds is 8. The number of carbonyl (C=O) groups excluding carboxylic acids is 1. The van der Waals surface area contributed by atoms with E-state index in [0.29, 0.717) is 17.8 Å². The van der Waals surface area contributed by atoms with Gasteiger partial charge in [-0.15, -0.1) is 0 Å². The largest absolute Gasteiger partial charge is 0.383 e. The summed E-state index contributed by atoms with van der Waals surface area (Å²) in [5.74, 6) is 0.108. The number of methoxy groups -OCH3 is 1. The highest BCUT2D eigenvalue weighted by Gasteiger charge is 2.28. The molecule has 1 aliphatic carbocycles. The minimum absolute atomic E-state index is 0.178. The predicted molar refractivity (Wildman–Crippen MR) is 131 cm³/mol. The molecular weight excluding hydrogens is 400 g/mol. The minimum Gasteiger partial charge on any atom is -0.383 e. The molecule has 0 radical (unpaired) electrons. The summed E-state index contributed by atoms with van der Waals surface area (Å²) >= 11 is 0. The van der Waals surface area contributed by atoms with E-state index in [4.69, 9.17) is 4.74 Å². The van der Waals surface area contributed by atoms with E-state index in [2.05, 4.69) is 73.1 Å². The zero-order valence-electron chi connectivity index (χ0n) is 20.6. The van der Waals surface area contributed by atoms with E-state index < -0.39 is 0 Å². The maximum Gasteiger partial charge on any atom is 0.291 e. The third-order valence-corrected chi connectivity index (χ3v) is 6.80. The molecule has 0 saturated heterocycles. The summed E-state index contributed by atoms with van der Waals surface area (Å²) in [5.41, 5.74) is 5.44. The lowest BCUT2D eigenvalue weighted by atomic mass is 9.76.